The smallest absolute Gasteiger partial charge is 0.254 e. The first-order valence-electron chi connectivity index (χ1n) is 10.0. The van der Waals surface area contributed by atoms with Crippen LogP contribution in [0.3, 0.4) is 0 Å². The predicted octanol–water partition coefficient (Wildman–Crippen LogP) is 3.23. The van der Waals surface area contributed by atoms with Gasteiger partial charge in [0.1, 0.15) is 0 Å². The van der Waals surface area contributed by atoms with Crippen LogP contribution in [0.15, 0.2) is 48.5 Å². The number of benzene rings is 2. The summed E-state index contributed by atoms with van der Waals surface area (Å²) in [6, 6.07) is 14.6. The fourth-order valence-corrected chi connectivity index (χ4v) is 4.79. The highest BCUT2D eigenvalue weighted by molar-refractivity contribution is 5.95. The summed E-state index contributed by atoms with van der Waals surface area (Å²) in [5, 5.41) is 0. The molecule has 2 heterocycles. The summed E-state index contributed by atoms with van der Waals surface area (Å²) in [4.78, 5) is 17.8. The third-order valence-electron chi connectivity index (χ3n) is 6.15. The van der Waals surface area contributed by atoms with Gasteiger partial charge in [-0.25, -0.2) is 4.39 Å². The van der Waals surface area contributed by atoms with Crippen LogP contribution in [0.5, 0.6) is 5.75 Å². The molecular weight excluding hydrogens is 371 g/mol. The van der Waals surface area contributed by atoms with Crippen LogP contribution >= 0.6 is 0 Å². The SMILES string of the molecule is COCCN1C[C@H]2CN(C(=O)c3ccc(F)c(OC)c3)[C@H](c3ccccc3)[C@H]2C1. The summed E-state index contributed by atoms with van der Waals surface area (Å²) in [7, 11) is 3.13. The number of fused-ring (bicyclic) bond motifs is 1. The topological polar surface area (TPSA) is 42.0 Å². The second-order valence-electron chi connectivity index (χ2n) is 7.84. The van der Waals surface area contributed by atoms with Crippen LogP contribution in [0.2, 0.25) is 0 Å². The van der Waals surface area contributed by atoms with E-state index in [4.69, 9.17) is 9.47 Å². The Morgan fingerprint density at radius 1 is 1.10 bits per heavy atom. The van der Waals surface area contributed by atoms with E-state index in [1.165, 1.54) is 19.2 Å². The van der Waals surface area contributed by atoms with E-state index in [-0.39, 0.29) is 17.7 Å². The minimum Gasteiger partial charge on any atom is -0.494 e. The molecule has 0 radical (unpaired) electrons. The summed E-state index contributed by atoms with van der Waals surface area (Å²) in [5.74, 6) is 0.354. The van der Waals surface area contributed by atoms with Crippen LogP contribution in [0, 0.1) is 17.7 Å². The normalized spacial score (nSPS) is 24.0. The van der Waals surface area contributed by atoms with Gasteiger partial charge in [0, 0.05) is 44.8 Å². The summed E-state index contributed by atoms with van der Waals surface area (Å²) in [6.45, 7) is 4.24. The molecule has 154 valence electrons. The Kier molecular flexibility index (Phi) is 5.83. The number of rotatable bonds is 6. The highest BCUT2D eigenvalue weighted by Crippen LogP contribution is 2.45. The van der Waals surface area contributed by atoms with Crippen molar-refractivity contribution in [2.75, 3.05) is 47.0 Å². The van der Waals surface area contributed by atoms with E-state index in [0.717, 1.165) is 25.2 Å². The Hall–Kier alpha value is -2.44. The molecule has 0 aliphatic carbocycles. The molecule has 0 aromatic heterocycles. The molecule has 1 amide bonds. The van der Waals surface area contributed by atoms with Crippen molar-refractivity contribution in [1.82, 2.24) is 9.80 Å². The van der Waals surface area contributed by atoms with E-state index in [1.54, 1.807) is 13.2 Å². The number of hydrogen-bond donors (Lipinski definition) is 0. The van der Waals surface area contributed by atoms with E-state index in [9.17, 15) is 9.18 Å². The van der Waals surface area contributed by atoms with Gasteiger partial charge in [-0.1, -0.05) is 30.3 Å². The van der Waals surface area contributed by atoms with Gasteiger partial charge < -0.3 is 19.3 Å². The van der Waals surface area contributed by atoms with Gasteiger partial charge in [0.2, 0.25) is 0 Å². The molecule has 3 atom stereocenters. The number of methoxy groups -OCH3 is 2. The molecule has 29 heavy (non-hydrogen) atoms. The molecule has 2 fully saturated rings. The van der Waals surface area contributed by atoms with Gasteiger partial charge in [-0.15, -0.1) is 0 Å². The van der Waals surface area contributed by atoms with Crippen LogP contribution in [0.4, 0.5) is 4.39 Å². The number of nitrogens with zero attached hydrogens (tertiary/aromatic N) is 2. The molecule has 2 aromatic carbocycles. The molecule has 0 N–H and O–H groups in total. The van der Waals surface area contributed by atoms with Gasteiger partial charge in [-0.3, -0.25) is 4.79 Å². The second-order valence-corrected chi connectivity index (χ2v) is 7.84. The van der Waals surface area contributed by atoms with Gasteiger partial charge in [-0.05, 0) is 29.7 Å². The highest BCUT2D eigenvalue weighted by atomic mass is 19.1. The minimum absolute atomic E-state index is 0.0114. The lowest BCUT2D eigenvalue weighted by molar-refractivity contribution is 0.0694. The fraction of sp³-hybridized carbons (Fsp3) is 0.435. The molecule has 0 bridgehead atoms. The number of carbonyl (C=O) groups is 1. The maximum atomic E-state index is 13.8. The lowest BCUT2D eigenvalue weighted by Gasteiger charge is -2.30. The minimum atomic E-state index is -0.462. The van der Waals surface area contributed by atoms with Gasteiger partial charge in [0.15, 0.2) is 11.6 Å². The number of ether oxygens (including phenoxy) is 2. The molecule has 6 heteroatoms. The van der Waals surface area contributed by atoms with Crippen molar-refractivity contribution in [3.05, 3.63) is 65.5 Å². The van der Waals surface area contributed by atoms with Crippen molar-refractivity contribution in [3.63, 3.8) is 0 Å². The Morgan fingerprint density at radius 2 is 1.90 bits per heavy atom. The third kappa shape index (κ3) is 3.87. The molecule has 2 saturated heterocycles. The Morgan fingerprint density at radius 3 is 2.62 bits per heavy atom. The van der Waals surface area contributed by atoms with Crippen molar-refractivity contribution in [2.45, 2.75) is 6.04 Å². The summed E-state index contributed by atoms with van der Waals surface area (Å²) in [6.07, 6.45) is 0. The quantitative estimate of drug-likeness (QED) is 0.749. The van der Waals surface area contributed by atoms with E-state index < -0.39 is 5.82 Å². The average Bonchev–Trinajstić information content (AvgIpc) is 3.30. The fourth-order valence-electron chi connectivity index (χ4n) is 4.79. The molecule has 2 aliphatic heterocycles. The largest absolute Gasteiger partial charge is 0.494 e. The van der Waals surface area contributed by atoms with Crippen molar-refractivity contribution in [1.29, 1.82) is 0 Å². The van der Waals surface area contributed by atoms with Crippen LogP contribution in [-0.4, -0.2) is 62.7 Å². The van der Waals surface area contributed by atoms with Crippen molar-refractivity contribution >= 4 is 5.91 Å². The van der Waals surface area contributed by atoms with Crippen molar-refractivity contribution < 1.29 is 18.7 Å². The lowest BCUT2D eigenvalue weighted by Crippen LogP contribution is -2.36. The van der Waals surface area contributed by atoms with Gasteiger partial charge in [0.05, 0.1) is 19.8 Å². The summed E-state index contributed by atoms with van der Waals surface area (Å²) < 4.78 is 24.1. The van der Waals surface area contributed by atoms with Crippen LogP contribution in [0.1, 0.15) is 22.0 Å². The van der Waals surface area contributed by atoms with E-state index >= 15 is 0 Å². The van der Waals surface area contributed by atoms with Crippen LogP contribution < -0.4 is 4.74 Å². The molecular formula is C23H27FN2O3. The number of halogens is 1. The standard InChI is InChI=1S/C23H27FN2O3/c1-28-11-10-25-13-18-14-26(22(19(18)15-25)16-6-4-3-5-7-16)23(27)17-8-9-20(24)21(12-17)29-2/h3-9,12,18-19,22H,10-11,13-15H2,1-2H3/t18-,19-,22+/m0/s1. The number of hydrogen-bond acceptors (Lipinski definition) is 4. The van der Waals surface area contributed by atoms with E-state index in [2.05, 4.69) is 17.0 Å². The third-order valence-corrected chi connectivity index (χ3v) is 6.15. The zero-order valence-electron chi connectivity index (χ0n) is 16.9. The zero-order chi connectivity index (χ0) is 20.4. The maximum Gasteiger partial charge on any atom is 0.254 e. The predicted molar refractivity (Wildman–Crippen MR) is 108 cm³/mol. The van der Waals surface area contributed by atoms with Crippen LogP contribution in [-0.2, 0) is 4.74 Å². The molecule has 0 saturated carbocycles. The second kappa shape index (κ2) is 8.51. The summed E-state index contributed by atoms with van der Waals surface area (Å²) >= 11 is 0. The summed E-state index contributed by atoms with van der Waals surface area (Å²) in [5.41, 5.74) is 1.61. The molecule has 0 unspecified atom stereocenters. The lowest BCUT2D eigenvalue weighted by atomic mass is 9.89. The van der Waals surface area contributed by atoms with Crippen molar-refractivity contribution in [2.24, 2.45) is 11.8 Å². The van der Waals surface area contributed by atoms with Crippen molar-refractivity contribution in [3.8, 4) is 5.75 Å². The zero-order valence-corrected chi connectivity index (χ0v) is 16.9. The highest BCUT2D eigenvalue weighted by Gasteiger charge is 2.49. The molecule has 0 spiro atoms. The number of carbonyl (C=O) groups excluding carboxylic acids is 1. The monoisotopic (exact) mass is 398 g/mol. The van der Waals surface area contributed by atoms with Gasteiger partial charge in [-0.2, -0.15) is 0 Å². The maximum absolute atomic E-state index is 13.8. The Labute approximate surface area is 171 Å². The molecule has 4 rings (SSSR count). The van der Waals surface area contributed by atoms with E-state index in [1.807, 2.05) is 23.1 Å². The Balaban J connectivity index is 1.62. The molecule has 2 aliphatic rings. The number of amides is 1. The van der Waals surface area contributed by atoms with E-state index in [0.29, 0.717) is 30.6 Å². The van der Waals surface area contributed by atoms with Gasteiger partial charge >= 0.3 is 0 Å². The first-order valence-corrected chi connectivity index (χ1v) is 10.0. The van der Waals surface area contributed by atoms with Gasteiger partial charge in [0.25, 0.3) is 5.91 Å². The first-order chi connectivity index (χ1) is 14.1. The molecule has 2 aromatic rings. The number of likely N-dealkylation sites (tertiary alicyclic amines) is 2. The Bertz CT molecular complexity index is 860. The van der Waals surface area contributed by atoms with Crippen LogP contribution in [0.25, 0.3) is 0 Å². The average molecular weight is 398 g/mol. The molecule has 5 nitrogen and oxygen atoms in total. The first kappa shape index (κ1) is 19.9.